The molecule has 0 atom stereocenters. The van der Waals surface area contributed by atoms with Crippen LogP contribution in [0.25, 0.3) is 10.9 Å². The van der Waals surface area contributed by atoms with Crippen molar-refractivity contribution in [1.29, 1.82) is 0 Å². The van der Waals surface area contributed by atoms with Gasteiger partial charge in [-0.25, -0.2) is 14.8 Å². The number of hydrogen-bond acceptors (Lipinski definition) is 11. The standard InChI is InChI=1S/C32H34ClN7O6/c1-31(2,3)46-30(41)39-18-32(19-39)16-38(17-32)10-11-44-28-14-25-23(13-26(28)40(42)43)29(36-20-35-25)37-21-7-8-27(24(33)12-21)45-15-22-6-4-5-9-34-22/h4-9,12-14,20H,10-11,15-19H2,1-3H3,(H,35,36,37). The van der Waals surface area contributed by atoms with Crippen LogP contribution in [0.3, 0.4) is 0 Å². The number of amides is 1. The molecule has 2 aliphatic heterocycles. The lowest BCUT2D eigenvalue weighted by molar-refractivity contribution is -0.385. The van der Waals surface area contributed by atoms with E-state index >= 15 is 0 Å². The van der Waals surface area contributed by atoms with Gasteiger partial charge in [0.15, 0.2) is 5.75 Å². The molecule has 1 N–H and O–H groups in total. The van der Waals surface area contributed by atoms with Crippen LogP contribution in [0.4, 0.5) is 22.0 Å². The predicted octanol–water partition coefficient (Wildman–Crippen LogP) is 5.84. The van der Waals surface area contributed by atoms with E-state index in [9.17, 15) is 14.9 Å². The molecule has 2 aromatic heterocycles. The second-order valence-electron chi connectivity index (χ2n) is 12.6. The van der Waals surface area contributed by atoms with Gasteiger partial charge in [0, 0.05) is 62.2 Å². The molecule has 2 aromatic carbocycles. The Morgan fingerprint density at radius 1 is 1.04 bits per heavy atom. The van der Waals surface area contributed by atoms with E-state index in [4.69, 9.17) is 25.8 Å². The zero-order valence-electron chi connectivity index (χ0n) is 25.7. The third-order valence-corrected chi connectivity index (χ3v) is 7.99. The largest absolute Gasteiger partial charge is 0.486 e. The molecular formula is C32H34ClN7O6. The van der Waals surface area contributed by atoms with E-state index in [2.05, 4.69) is 25.2 Å². The number of nitro benzene ring substituents is 1. The molecule has 1 spiro atoms. The molecule has 1 amide bonds. The molecule has 6 rings (SSSR count). The van der Waals surface area contributed by atoms with Crippen LogP contribution < -0.4 is 14.8 Å². The Morgan fingerprint density at radius 3 is 2.54 bits per heavy atom. The van der Waals surface area contributed by atoms with Gasteiger partial charge < -0.3 is 24.4 Å². The number of nitrogens with one attached hydrogen (secondary N) is 1. The fourth-order valence-corrected chi connectivity index (χ4v) is 5.90. The van der Waals surface area contributed by atoms with E-state index in [1.54, 1.807) is 35.4 Å². The molecule has 0 unspecified atom stereocenters. The lowest BCUT2D eigenvalue weighted by Gasteiger charge is -2.59. The number of rotatable bonds is 10. The molecule has 0 aliphatic carbocycles. The number of benzene rings is 2. The van der Waals surface area contributed by atoms with E-state index in [-0.39, 0.29) is 36.2 Å². The molecule has 46 heavy (non-hydrogen) atoms. The van der Waals surface area contributed by atoms with Gasteiger partial charge in [-0.1, -0.05) is 17.7 Å². The normalized spacial score (nSPS) is 15.6. The fraction of sp³-hybridized carbons (Fsp3) is 0.375. The number of anilines is 2. The van der Waals surface area contributed by atoms with Gasteiger partial charge in [-0.3, -0.25) is 20.0 Å². The van der Waals surface area contributed by atoms with Gasteiger partial charge >= 0.3 is 11.8 Å². The maximum Gasteiger partial charge on any atom is 0.410 e. The quantitative estimate of drug-likeness (QED) is 0.164. The van der Waals surface area contributed by atoms with Crippen LogP contribution >= 0.6 is 11.6 Å². The lowest BCUT2D eigenvalue weighted by atomic mass is 9.73. The third-order valence-electron chi connectivity index (χ3n) is 7.70. The molecule has 14 heteroatoms. The van der Waals surface area contributed by atoms with Gasteiger partial charge in [-0.2, -0.15) is 0 Å². The zero-order valence-corrected chi connectivity index (χ0v) is 26.5. The number of aromatic nitrogens is 3. The maximum atomic E-state index is 12.3. The van der Waals surface area contributed by atoms with Crippen LogP contribution in [0.5, 0.6) is 11.5 Å². The first kappa shape index (κ1) is 31.2. The second-order valence-corrected chi connectivity index (χ2v) is 13.0. The number of carbonyl (C=O) groups excluding carboxylic acids is 1. The maximum absolute atomic E-state index is 12.3. The van der Waals surface area contributed by atoms with E-state index in [1.807, 2.05) is 39.0 Å². The molecule has 2 aliphatic rings. The smallest absolute Gasteiger partial charge is 0.410 e. The Balaban J connectivity index is 1.06. The van der Waals surface area contributed by atoms with E-state index in [0.717, 1.165) is 18.8 Å². The fourth-order valence-electron chi connectivity index (χ4n) is 5.66. The van der Waals surface area contributed by atoms with Crippen molar-refractivity contribution in [3.05, 3.63) is 81.9 Å². The van der Waals surface area contributed by atoms with Crippen molar-refractivity contribution in [2.45, 2.75) is 33.0 Å². The highest BCUT2D eigenvalue weighted by atomic mass is 35.5. The van der Waals surface area contributed by atoms with Crippen LogP contribution in [-0.4, -0.2) is 80.7 Å². The molecule has 2 fully saturated rings. The SMILES string of the molecule is CC(C)(C)OC(=O)N1CC2(CN(CCOc3cc4ncnc(Nc5ccc(OCc6ccccn6)c(Cl)c5)c4cc3[N+](=O)[O-])C2)C1. The Kier molecular flexibility index (Phi) is 8.53. The molecule has 13 nitrogen and oxygen atoms in total. The summed E-state index contributed by atoms with van der Waals surface area (Å²) in [4.78, 5) is 40.6. The summed E-state index contributed by atoms with van der Waals surface area (Å²) < 4.78 is 17.1. The summed E-state index contributed by atoms with van der Waals surface area (Å²) in [6, 6.07) is 13.7. The summed E-state index contributed by atoms with van der Waals surface area (Å²) in [7, 11) is 0. The van der Waals surface area contributed by atoms with Crippen molar-refractivity contribution in [2.24, 2.45) is 5.41 Å². The number of nitro groups is 1. The number of halogens is 1. The topological polar surface area (TPSA) is 145 Å². The molecule has 0 radical (unpaired) electrons. The average molecular weight is 648 g/mol. The Morgan fingerprint density at radius 2 is 1.85 bits per heavy atom. The summed E-state index contributed by atoms with van der Waals surface area (Å²) in [5.41, 5.74) is 1.26. The molecule has 0 saturated carbocycles. The third kappa shape index (κ3) is 7.05. The van der Waals surface area contributed by atoms with Crippen molar-refractivity contribution < 1.29 is 23.9 Å². The number of pyridine rings is 1. The summed E-state index contributed by atoms with van der Waals surface area (Å²) in [5.74, 6) is 1.01. The summed E-state index contributed by atoms with van der Waals surface area (Å²) >= 11 is 6.47. The Labute approximate surface area is 270 Å². The molecule has 0 bridgehead atoms. The van der Waals surface area contributed by atoms with Gasteiger partial charge in [-0.15, -0.1) is 0 Å². The summed E-state index contributed by atoms with van der Waals surface area (Å²) in [6.45, 7) is 9.70. The zero-order chi connectivity index (χ0) is 32.5. The minimum Gasteiger partial charge on any atom is -0.486 e. The number of hydrogen-bond donors (Lipinski definition) is 1. The molecule has 240 valence electrons. The first-order chi connectivity index (χ1) is 22.0. The molecular weight excluding hydrogens is 614 g/mol. The first-order valence-corrected chi connectivity index (χ1v) is 15.2. The lowest BCUT2D eigenvalue weighted by Crippen LogP contribution is -2.73. The highest BCUT2D eigenvalue weighted by Crippen LogP contribution is 2.40. The summed E-state index contributed by atoms with van der Waals surface area (Å²) in [6.07, 6.45) is 2.79. The number of fused-ring (bicyclic) bond motifs is 1. The van der Waals surface area contributed by atoms with Crippen LogP contribution in [0.1, 0.15) is 26.5 Å². The number of nitrogens with zero attached hydrogens (tertiary/aromatic N) is 6. The van der Waals surface area contributed by atoms with Crippen molar-refractivity contribution >= 4 is 45.8 Å². The number of ether oxygens (including phenoxy) is 3. The highest BCUT2D eigenvalue weighted by Gasteiger charge is 2.53. The van der Waals surface area contributed by atoms with Gasteiger partial charge in [0.05, 0.1) is 26.5 Å². The number of carbonyl (C=O) groups is 1. The van der Waals surface area contributed by atoms with E-state index < -0.39 is 10.5 Å². The predicted molar refractivity (Wildman–Crippen MR) is 172 cm³/mol. The minimum absolute atomic E-state index is 0.0867. The van der Waals surface area contributed by atoms with Crippen LogP contribution in [0, 0.1) is 15.5 Å². The van der Waals surface area contributed by atoms with Crippen LogP contribution in [0.15, 0.2) is 61.1 Å². The van der Waals surface area contributed by atoms with Gasteiger partial charge in [-0.05, 0) is 51.1 Å². The van der Waals surface area contributed by atoms with Crippen molar-refractivity contribution in [2.75, 3.05) is 44.6 Å². The molecule has 2 saturated heterocycles. The Hall–Kier alpha value is -4.75. The average Bonchev–Trinajstić information content (AvgIpc) is 2.96. The van der Waals surface area contributed by atoms with Crippen molar-refractivity contribution in [3.8, 4) is 11.5 Å². The van der Waals surface area contributed by atoms with Crippen LogP contribution in [0.2, 0.25) is 5.02 Å². The van der Waals surface area contributed by atoms with E-state index in [0.29, 0.717) is 52.8 Å². The van der Waals surface area contributed by atoms with Crippen LogP contribution in [-0.2, 0) is 11.3 Å². The van der Waals surface area contributed by atoms with Gasteiger partial charge in [0.2, 0.25) is 0 Å². The first-order valence-electron chi connectivity index (χ1n) is 14.8. The van der Waals surface area contributed by atoms with Crippen molar-refractivity contribution in [1.82, 2.24) is 24.8 Å². The summed E-state index contributed by atoms with van der Waals surface area (Å²) in [5, 5.41) is 16.0. The molecule has 4 heterocycles. The number of likely N-dealkylation sites (tertiary alicyclic amines) is 2. The Bertz CT molecular complexity index is 1750. The van der Waals surface area contributed by atoms with Gasteiger partial charge in [0.25, 0.3) is 0 Å². The molecule has 4 aromatic rings. The minimum atomic E-state index is -0.518. The van der Waals surface area contributed by atoms with Crippen molar-refractivity contribution in [3.63, 3.8) is 0 Å². The highest BCUT2D eigenvalue weighted by molar-refractivity contribution is 6.32. The van der Waals surface area contributed by atoms with Gasteiger partial charge in [0.1, 0.15) is 36.7 Å². The monoisotopic (exact) mass is 647 g/mol. The van der Waals surface area contributed by atoms with E-state index in [1.165, 1.54) is 12.4 Å². The second kappa shape index (κ2) is 12.6.